The molecule has 132 valence electrons. The van der Waals surface area contributed by atoms with Gasteiger partial charge in [0, 0.05) is 29.8 Å². The van der Waals surface area contributed by atoms with Crippen LogP contribution in [0.4, 0.5) is 0 Å². The minimum absolute atomic E-state index is 0.151. The number of nitrogens with zero attached hydrogens (tertiary/aromatic N) is 2. The van der Waals surface area contributed by atoms with Crippen molar-refractivity contribution in [2.75, 3.05) is 13.1 Å². The van der Waals surface area contributed by atoms with Crippen LogP contribution in [0.2, 0.25) is 0 Å². The Bertz CT molecular complexity index is 778. The number of carbonyl (C=O) groups excluding carboxylic acids is 1. The van der Waals surface area contributed by atoms with Crippen molar-refractivity contribution >= 4 is 17.2 Å². The van der Waals surface area contributed by atoms with E-state index in [1.165, 1.54) is 16.0 Å². The second-order valence-corrected chi connectivity index (χ2v) is 8.21. The molecule has 4 rings (SSSR count). The van der Waals surface area contributed by atoms with E-state index in [9.17, 15) is 9.90 Å². The van der Waals surface area contributed by atoms with Crippen molar-refractivity contribution < 1.29 is 9.90 Å². The molecule has 1 aromatic carbocycles. The van der Waals surface area contributed by atoms with Crippen LogP contribution < -0.4 is 0 Å². The molecule has 1 amide bonds. The van der Waals surface area contributed by atoms with Gasteiger partial charge in [-0.3, -0.25) is 4.79 Å². The van der Waals surface area contributed by atoms with Crippen LogP contribution in [-0.2, 0) is 23.1 Å². The van der Waals surface area contributed by atoms with Crippen molar-refractivity contribution in [3.8, 4) is 0 Å². The lowest BCUT2D eigenvalue weighted by molar-refractivity contribution is -0.133. The number of hydrogen-bond acceptors (Lipinski definition) is 4. The molecule has 1 spiro atoms. The van der Waals surface area contributed by atoms with Gasteiger partial charge in [-0.1, -0.05) is 24.3 Å². The zero-order chi connectivity index (χ0) is 17.4. The smallest absolute Gasteiger partial charge is 0.222 e. The average molecular weight is 356 g/mol. The van der Waals surface area contributed by atoms with Crippen LogP contribution in [-0.4, -0.2) is 40.1 Å². The molecule has 0 saturated carbocycles. The third-order valence-corrected chi connectivity index (χ3v) is 7.02. The SMILES string of the molecule is Cc1ncsc1CCC(=O)N1CCC2(CC1)c1ccccc1C[C@@H]2O. The lowest BCUT2D eigenvalue weighted by Gasteiger charge is -2.42. The highest BCUT2D eigenvalue weighted by atomic mass is 32.1. The second-order valence-electron chi connectivity index (χ2n) is 7.27. The zero-order valence-corrected chi connectivity index (χ0v) is 15.4. The third kappa shape index (κ3) is 2.89. The average Bonchev–Trinajstić information content (AvgIpc) is 3.15. The van der Waals surface area contributed by atoms with Crippen LogP contribution in [0.15, 0.2) is 29.8 Å². The van der Waals surface area contributed by atoms with Gasteiger partial charge in [0.15, 0.2) is 0 Å². The number of likely N-dealkylation sites (tertiary alicyclic amines) is 1. The van der Waals surface area contributed by atoms with E-state index in [0.717, 1.165) is 44.5 Å². The van der Waals surface area contributed by atoms with Crippen molar-refractivity contribution in [3.05, 3.63) is 51.5 Å². The second kappa shape index (κ2) is 6.54. The predicted molar refractivity (Wildman–Crippen MR) is 98.8 cm³/mol. The van der Waals surface area contributed by atoms with Crippen LogP contribution in [0.3, 0.4) is 0 Å². The van der Waals surface area contributed by atoms with E-state index in [1.54, 1.807) is 11.3 Å². The Labute approximate surface area is 152 Å². The molecule has 2 aromatic rings. The minimum atomic E-state index is -0.318. The summed E-state index contributed by atoms with van der Waals surface area (Å²) in [5.74, 6) is 0.225. The first-order chi connectivity index (χ1) is 12.1. The highest BCUT2D eigenvalue weighted by molar-refractivity contribution is 7.09. The summed E-state index contributed by atoms with van der Waals surface area (Å²) < 4.78 is 0. The van der Waals surface area contributed by atoms with Crippen LogP contribution in [0, 0.1) is 6.92 Å². The van der Waals surface area contributed by atoms with Crippen LogP contribution in [0.25, 0.3) is 0 Å². The molecule has 1 fully saturated rings. The number of thiazole rings is 1. The number of rotatable bonds is 3. The first kappa shape index (κ1) is 16.7. The molecule has 5 heteroatoms. The van der Waals surface area contributed by atoms with Gasteiger partial charge in [0.1, 0.15) is 0 Å². The minimum Gasteiger partial charge on any atom is -0.392 e. The molecule has 1 atom stereocenters. The van der Waals surface area contributed by atoms with Gasteiger partial charge in [0.2, 0.25) is 5.91 Å². The maximum atomic E-state index is 12.6. The van der Waals surface area contributed by atoms with Gasteiger partial charge in [-0.05, 0) is 43.7 Å². The standard InChI is InChI=1S/C20H24N2O2S/c1-14-17(25-13-21-14)6-7-19(24)22-10-8-20(9-11-22)16-5-3-2-4-15(16)12-18(20)23/h2-5,13,18,23H,6-12H2,1H3/t18-/m0/s1. The van der Waals surface area contributed by atoms with E-state index >= 15 is 0 Å². The lowest BCUT2D eigenvalue weighted by atomic mass is 9.72. The quantitative estimate of drug-likeness (QED) is 0.920. The van der Waals surface area contributed by atoms with Gasteiger partial charge in [-0.2, -0.15) is 0 Å². The van der Waals surface area contributed by atoms with Crippen LogP contribution >= 0.6 is 11.3 Å². The van der Waals surface area contributed by atoms with Gasteiger partial charge in [-0.15, -0.1) is 11.3 Å². The summed E-state index contributed by atoms with van der Waals surface area (Å²) >= 11 is 1.63. The normalized spacial score (nSPS) is 21.5. The van der Waals surface area contributed by atoms with E-state index in [2.05, 4.69) is 23.2 Å². The Kier molecular flexibility index (Phi) is 4.38. The first-order valence-corrected chi connectivity index (χ1v) is 9.91. The molecule has 1 aromatic heterocycles. The molecule has 0 bridgehead atoms. The zero-order valence-electron chi connectivity index (χ0n) is 14.6. The molecular formula is C20H24N2O2S. The third-order valence-electron chi connectivity index (χ3n) is 6.02. The van der Waals surface area contributed by atoms with Crippen LogP contribution in [0.5, 0.6) is 0 Å². The number of aryl methyl sites for hydroxylation is 2. The van der Waals surface area contributed by atoms with Gasteiger partial charge in [-0.25, -0.2) is 4.98 Å². The van der Waals surface area contributed by atoms with E-state index in [0.29, 0.717) is 6.42 Å². The van der Waals surface area contributed by atoms with E-state index in [1.807, 2.05) is 23.4 Å². The summed E-state index contributed by atoms with van der Waals surface area (Å²) in [6.07, 6.45) is 3.47. The summed E-state index contributed by atoms with van der Waals surface area (Å²) in [4.78, 5) is 20.0. The molecule has 1 aliphatic heterocycles. The number of aliphatic hydroxyl groups excluding tert-OH is 1. The molecule has 1 aliphatic carbocycles. The van der Waals surface area contributed by atoms with E-state index in [-0.39, 0.29) is 17.4 Å². The fourth-order valence-electron chi connectivity index (χ4n) is 4.47. The summed E-state index contributed by atoms with van der Waals surface area (Å²) in [6.45, 7) is 3.48. The molecule has 25 heavy (non-hydrogen) atoms. The van der Waals surface area contributed by atoms with Crippen molar-refractivity contribution in [2.45, 2.75) is 50.5 Å². The van der Waals surface area contributed by atoms with Gasteiger partial charge >= 0.3 is 0 Å². The van der Waals surface area contributed by atoms with Gasteiger partial charge in [0.25, 0.3) is 0 Å². The molecule has 0 unspecified atom stereocenters. The number of aliphatic hydroxyl groups is 1. The number of aromatic nitrogens is 1. The number of fused-ring (bicyclic) bond motifs is 2. The highest BCUT2D eigenvalue weighted by Gasteiger charge is 2.47. The summed E-state index contributed by atoms with van der Waals surface area (Å²) in [5, 5.41) is 10.7. The highest BCUT2D eigenvalue weighted by Crippen LogP contribution is 2.46. The number of amides is 1. The monoisotopic (exact) mass is 356 g/mol. The molecule has 2 heterocycles. The Morgan fingerprint density at radius 2 is 2.12 bits per heavy atom. The molecule has 4 nitrogen and oxygen atoms in total. The summed E-state index contributed by atoms with van der Waals surface area (Å²) in [5.41, 5.74) is 5.31. The molecule has 1 N–H and O–H groups in total. The fourth-order valence-corrected chi connectivity index (χ4v) is 5.25. The summed E-state index contributed by atoms with van der Waals surface area (Å²) in [6, 6.07) is 8.40. The molecule has 1 saturated heterocycles. The Balaban J connectivity index is 1.40. The number of hydrogen-bond donors (Lipinski definition) is 1. The van der Waals surface area contributed by atoms with Crippen LogP contribution in [0.1, 0.15) is 41.0 Å². The van der Waals surface area contributed by atoms with Crippen molar-refractivity contribution in [1.82, 2.24) is 9.88 Å². The molecule has 2 aliphatic rings. The Morgan fingerprint density at radius 1 is 1.36 bits per heavy atom. The summed E-state index contributed by atoms with van der Waals surface area (Å²) in [7, 11) is 0. The number of carbonyl (C=O) groups is 1. The fraction of sp³-hybridized carbons (Fsp3) is 0.500. The molecule has 0 radical (unpaired) electrons. The topological polar surface area (TPSA) is 53.4 Å². The van der Waals surface area contributed by atoms with Crippen molar-refractivity contribution in [1.29, 1.82) is 0 Å². The lowest BCUT2D eigenvalue weighted by Crippen LogP contribution is -2.49. The Morgan fingerprint density at radius 3 is 2.84 bits per heavy atom. The van der Waals surface area contributed by atoms with E-state index in [4.69, 9.17) is 0 Å². The van der Waals surface area contributed by atoms with Crippen molar-refractivity contribution in [2.24, 2.45) is 0 Å². The largest absolute Gasteiger partial charge is 0.392 e. The number of piperidine rings is 1. The maximum absolute atomic E-state index is 12.6. The predicted octanol–water partition coefficient (Wildman–Crippen LogP) is 2.86. The van der Waals surface area contributed by atoms with E-state index < -0.39 is 0 Å². The Hall–Kier alpha value is -1.72. The number of benzene rings is 1. The van der Waals surface area contributed by atoms with Crippen molar-refractivity contribution in [3.63, 3.8) is 0 Å². The maximum Gasteiger partial charge on any atom is 0.222 e. The van der Waals surface area contributed by atoms with Gasteiger partial charge < -0.3 is 10.0 Å². The van der Waals surface area contributed by atoms with Gasteiger partial charge in [0.05, 0.1) is 17.3 Å². The molecular weight excluding hydrogens is 332 g/mol. The first-order valence-electron chi connectivity index (χ1n) is 9.03.